The summed E-state index contributed by atoms with van der Waals surface area (Å²) in [5.74, 6) is -0.455. The zero-order valence-corrected chi connectivity index (χ0v) is 31.0. The molecule has 1 N–H and O–H groups in total. The van der Waals surface area contributed by atoms with Crippen molar-refractivity contribution in [3.8, 4) is 6.07 Å². The summed E-state index contributed by atoms with van der Waals surface area (Å²) < 4.78 is 25.3. The minimum absolute atomic E-state index is 0.0291. The number of amides is 2. The van der Waals surface area contributed by atoms with Gasteiger partial charge in [-0.05, 0) is 107 Å². The molecule has 2 bridgehead atoms. The van der Waals surface area contributed by atoms with E-state index in [2.05, 4.69) is 64.8 Å². The number of alkyl carbamates (subject to hydrolysis) is 1. The number of rotatable bonds is 9. The van der Waals surface area contributed by atoms with Gasteiger partial charge in [0.25, 0.3) is 0 Å². The maximum atomic E-state index is 13.7. The standard InChI is InChI=1S/C39H55BN4O6/c1-36(2)14-16-44(24-36)37(3,4)20-26(21-41)34(45)43-15-10-11-28(22-43)48-35(46)42-33(17-25-23-47-30-13-9-8-12-29(25)30)40-49-32-19-27-18-31(38(27,5)6)39(32,7)50-40/h8-9,12-13,23,26-28,31-33H,10-11,14-20,22,24H2,1-7H3,(H,42,46)/t26?,27-,28-,31-,32+,33-,39-/m0/s1. The maximum absolute atomic E-state index is 13.7. The average Bonchev–Trinajstić information content (AvgIpc) is 3.77. The molecule has 1 unspecified atom stereocenters. The van der Waals surface area contributed by atoms with Gasteiger partial charge in [-0.25, -0.2) is 4.79 Å². The molecular formula is C39H55BN4O6. The fourth-order valence-electron chi connectivity index (χ4n) is 9.95. The van der Waals surface area contributed by atoms with Crippen LogP contribution in [0.15, 0.2) is 34.9 Å². The molecule has 3 aliphatic carbocycles. The normalized spacial score (nSPS) is 31.4. The third kappa shape index (κ3) is 6.45. The van der Waals surface area contributed by atoms with Crippen molar-refractivity contribution in [3.05, 3.63) is 36.1 Å². The van der Waals surface area contributed by atoms with Crippen LogP contribution >= 0.6 is 0 Å². The highest BCUT2D eigenvalue weighted by atomic mass is 16.7. The molecule has 0 radical (unpaired) electrons. The van der Waals surface area contributed by atoms with E-state index in [0.29, 0.717) is 44.1 Å². The van der Waals surface area contributed by atoms with Gasteiger partial charge in [0.1, 0.15) is 17.6 Å². The number of carbonyl (C=O) groups excluding carboxylic acids is 2. The number of likely N-dealkylation sites (tertiary alicyclic amines) is 2. The molecule has 8 rings (SSSR count). The van der Waals surface area contributed by atoms with E-state index < -0.39 is 36.8 Å². The van der Waals surface area contributed by atoms with Crippen LogP contribution in [0.25, 0.3) is 11.0 Å². The van der Waals surface area contributed by atoms with Gasteiger partial charge in [0, 0.05) is 24.0 Å². The average molecular weight is 687 g/mol. The van der Waals surface area contributed by atoms with Gasteiger partial charge >= 0.3 is 13.2 Å². The van der Waals surface area contributed by atoms with Crippen LogP contribution in [0.2, 0.25) is 0 Å². The molecule has 1 aromatic heterocycles. The smallest absolute Gasteiger partial charge is 0.464 e. The van der Waals surface area contributed by atoms with Crippen molar-refractivity contribution in [2.45, 2.75) is 123 Å². The maximum Gasteiger partial charge on any atom is 0.482 e. The largest absolute Gasteiger partial charge is 0.482 e. The zero-order chi connectivity index (χ0) is 35.6. The number of ether oxygens (including phenoxy) is 1. The molecule has 11 heteroatoms. The molecule has 2 amide bonds. The number of hydrogen-bond donors (Lipinski definition) is 1. The number of piperidine rings is 1. The van der Waals surface area contributed by atoms with E-state index in [9.17, 15) is 14.9 Å². The van der Waals surface area contributed by atoms with E-state index in [1.807, 2.05) is 24.3 Å². The van der Waals surface area contributed by atoms with Gasteiger partial charge in [-0.15, -0.1) is 0 Å². The van der Waals surface area contributed by atoms with E-state index in [0.717, 1.165) is 48.9 Å². The Kier molecular flexibility index (Phi) is 9.09. The van der Waals surface area contributed by atoms with E-state index >= 15 is 0 Å². The van der Waals surface area contributed by atoms with Crippen LogP contribution in [-0.2, 0) is 25.3 Å². The number of nitrogens with one attached hydrogen (secondary N) is 1. The first-order valence-electron chi connectivity index (χ1n) is 18.8. The molecule has 6 aliphatic rings. The summed E-state index contributed by atoms with van der Waals surface area (Å²) >= 11 is 0. The van der Waals surface area contributed by atoms with E-state index in [4.69, 9.17) is 18.5 Å². The minimum Gasteiger partial charge on any atom is -0.464 e. The van der Waals surface area contributed by atoms with Gasteiger partial charge in [-0.3, -0.25) is 9.69 Å². The monoisotopic (exact) mass is 686 g/mol. The Labute approximate surface area is 297 Å². The molecule has 3 saturated heterocycles. The number of benzene rings is 1. The highest BCUT2D eigenvalue weighted by molar-refractivity contribution is 6.48. The summed E-state index contributed by atoms with van der Waals surface area (Å²) in [5, 5.41) is 14.2. The van der Waals surface area contributed by atoms with Crippen LogP contribution in [0.3, 0.4) is 0 Å². The van der Waals surface area contributed by atoms with E-state index in [1.165, 1.54) is 0 Å². The number of para-hydroxylation sites is 1. The lowest BCUT2D eigenvalue weighted by Crippen LogP contribution is -2.65. The van der Waals surface area contributed by atoms with Crippen LogP contribution < -0.4 is 5.32 Å². The third-order valence-electron chi connectivity index (χ3n) is 13.3. The van der Waals surface area contributed by atoms with Crippen molar-refractivity contribution in [1.29, 1.82) is 5.26 Å². The van der Waals surface area contributed by atoms with Gasteiger partial charge in [0.15, 0.2) is 0 Å². The molecule has 7 atom stereocenters. The first kappa shape index (κ1) is 35.3. The molecule has 4 heterocycles. The molecular weight excluding hydrogens is 631 g/mol. The predicted octanol–water partition coefficient (Wildman–Crippen LogP) is 6.37. The minimum atomic E-state index is -0.756. The van der Waals surface area contributed by atoms with Gasteiger partial charge in [0.05, 0.1) is 36.5 Å². The van der Waals surface area contributed by atoms with Crippen LogP contribution in [0.5, 0.6) is 0 Å². The highest BCUT2D eigenvalue weighted by Crippen LogP contribution is 2.65. The number of carbonyl (C=O) groups is 2. The molecule has 10 nitrogen and oxygen atoms in total. The lowest BCUT2D eigenvalue weighted by Gasteiger charge is -2.64. The first-order valence-corrected chi connectivity index (χ1v) is 18.8. The van der Waals surface area contributed by atoms with Crippen molar-refractivity contribution in [1.82, 2.24) is 15.1 Å². The Bertz CT molecular complexity index is 1650. The molecule has 2 aromatic rings. The molecule has 6 fully saturated rings. The fourth-order valence-corrected chi connectivity index (χ4v) is 9.95. The van der Waals surface area contributed by atoms with Crippen molar-refractivity contribution in [3.63, 3.8) is 0 Å². The fraction of sp³-hybridized carbons (Fsp3) is 0.718. The number of furan rings is 1. The lowest BCUT2D eigenvalue weighted by molar-refractivity contribution is -0.199. The van der Waals surface area contributed by atoms with E-state index in [-0.39, 0.29) is 34.9 Å². The Hall–Kier alpha value is -3.07. The van der Waals surface area contributed by atoms with Crippen molar-refractivity contribution in [2.75, 3.05) is 26.2 Å². The highest BCUT2D eigenvalue weighted by Gasteiger charge is 2.68. The number of hydrogen-bond acceptors (Lipinski definition) is 8. The number of nitrogens with zero attached hydrogens (tertiary/aromatic N) is 3. The predicted molar refractivity (Wildman–Crippen MR) is 191 cm³/mol. The van der Waals surface area contributed by atoms with Crippen LogP contribution in [0.1, 0.15) is 92.6 Å². The molecule has 1 aromatic carbocycles. The molecule has 0 spiro atoms. The van der Waals surface area contributed by atoms with Crippen LogP contribution in [0.4, 0.5) is 4.79 Å². The second-order valence-corrected chi connectivity index (χ2v) is 18.0. The first-order chi connectivity index (χ1) is 23.6. The molecule has 270 valence electrons. The summed E-state index contributed by atoms with van der Waals surface area (Å²) in [6.45, 7) is 18.4. The van der Waals surface area contributed by atoms with Crippen molar-refractivity contribution in [2.24, 2.45) is 28.6 Å². The van der Waals surface area contributed by atoms with Crippen LogP contribution in [0, 0.1) is 39.9 Å². The summed E-state index contributed by atoms with van der Waals surface area (Å²) in [6, 6.07) is 10.2. The van der Waals surface area contributed by atoms with Gasteiger partial charge in [-0.2, -0.15) is 5.26 Å². The summed E-state index contributed by atoms with van der Waals surface area (Å²) in [4.78, 5) is 31.5. The second-order valence-electron chi connectivity index (χ2n) is 18.0. The zero-order valence-electron chi connectivity index (χ0n) is 31.0. The Morgan fingerprint density at radius 1 is 1.16 bits per heavy atom. The molecule has 50 heavy (non-hydrogen) atoms. The van der Waals surface area contributed by atoms with Crippen molar-refractivity contribution < 1.29 is 28.1 Å². The quantitative estimate of drug-likeness (QED) is 0.303. The topological polar surface area (TPSA) is 117 Å². The van der Waals surface area contributed by atoms with Gasteiger partial charge < -0.3 is 28.7 Å². The molecule has 3 aliphatic heterocycles. The third-order valence-corrected chi connectivity index (χ3v) is 13.3. The summed E-state index contributed by atoms with van der Waals surface area (Å²) in [6.07, 6.45) is 6.12. The Morgan fingerprint density at radius 3 is 2.66 bits per heavy atom. The molecule has 3 saturated carbocycles. The van der Waals surface area contributed by atoms with Gasteiger partial charge in [-0.1, -0.05) is 45.9 Å². The van der Waals surface area contributed by atoms with Gasteiger partial charge in [0.2, 0.25) is 5.91 Å². The Balaban J connectivity index is 1.01. The summed E-state index contributed by atoms with van der Waals surface area (Å²) in [7, 11) is -0.647. The lowest BCUT2D eigenvalue weighted by atomic mass is 9.43. The Morgan fingerprint density at radius 2 is 1.94 bits per heavy atom. The van der Waals surface area contributed by atoms with Crippen molar-refractivity contribution >= 4 is 30.1 Å². The van der Waals surface area contributed by atoms with E-state index in [1.54, 1.807) is 11.2 Å². The SMILES string of the molecule is CC1(C)CCN(C(C)(C)CC(C#N)C(=O)N2CCC[C@H](OC(=O)N[C@@H](Cc3coc4ccccc34)B3O[C@@H]4C[C@@H]5C[C@@H](C5(C)C)[C@]4(C)O3)C2)C1. The summed E-state index contributed by atoms with van der Waals surface area (Å²) in [5.41, 5.74) is 1.47. The number of fused-ring (bicyclic) bond motifs is 1. The second kappa shape index (κ2) is 12.9. The van der Waals surface area contributed by atoms with Crippen LogP contribution in [-0.4, -0.2) is 84.4 Å². The number of nitriles is 1.